The van der Waals surface area contributed by atoms with Crippen LogP contribution in [-0.2, 0) is 4.74 Å². The van der Waals surface area contributed by atoms with Gasteiger partial charge in [-0.05, 0) is 12.1 Å². The lowest BCUT2D eigenvalue weighted by Gasteiger charge is -2.40. The largest absolute Gasteiger partial charge is 0.394 e. The molecule has 5 N–H and O–H groups in total. The van der Waals surface area contributed by atoms with E-state index in [0.29, 0.717) is 5.69 Å². The number of hydrogen-bond acceptors (Lipinski definition) is 8. The van der Waals surface area contributed by atoms with Crippen molar-refractivity contribution in [2.45, 2.75) is 30.6 Å². The summed E-state index contributed by atoms with van der Waals surface area (Å²) in [5.41, 5.74) is 0.333. The molecule has 1 aromatic rings. The molecule has 1 aromatic carbocycles. The number of anilines is 1. The van der Waals surface area contributed by atoms with Crippen molar-refractivity contribution in [3.8, 4) is 0 Å². The topological polar surface area (TPSA) is 145 Å². The van der Waals surface area contributed by atoms with Gasteiger partial charge in [-0.2, -0.15) is 0 Å². The second-order valence-electron chi connectivity index (χ2n) is 4.70. The number of ether oxygens (including phenoxy) is 1. The fourth-order valence-corrected chi connectivity index (χ4v) is 2.06. The fourth-order valence-electron chi connectivity index (χ4n) is 2.06. The molecule has 1 aliphatic heterocycles. The Morgan fingerprint density at radius 3 is 2.29 bits per heavy atom. The lowest BCUT2D eigenvalue weighted by molar-refractivity contribution is -0.384. The molecule has 0 radical (unpaired) electrons. The van der Waals surface area contributed by atoms with E-state index >= 15 is 0 Å². The van der Waals surface area contributed by atoms with Crippen molar-refractivity contribution >= 4 is 11.4 Å². The highest BCUT2D eigenvalue weighted by atomic mass is 16.6. The summed E-state index contributed by atoms with van der Waals surface area (Å²) in [4.78, 5) is 10.0. The van der Waals surface area contributed by atoms with Crippen molar-refractivity contribution in [3.63, 3.8) is 0 Å². The molecule has 1 saturated heterocycles. The molecule has 9 heteroatoms. The van der Waals surface area contributed by atoms with Crippen LogP contribution in [0.2, 0.25) is 0 Å². The molecule has 1 heterocycles. The van der Waals surface area contributed by atoms with Crippen LogP contribution in [0.4, 0.5) is 11.4 Å². The van der Waals surface area contributed by atoms with Crippen molar-refractivity contribution in [2.75, 3.05) is 11.9 Å². The highest BCUT2D eigenvalue weighted by molar-refractivity contribution is 5.49. The minimum absolute atomic E-state index is 0.0886. The Labute approximate surface area is 119 Å². The Kier molecular flexibility index (Phi) is 4.70. The molecule has 0 amide bonds. The summed E-state index contributed by atoms with van der Waals surface area (Å²) in [7, 11) is 0. The molecule has 9 nitrogen and oxygen atoms in total. The first-order valence-electron chi connectivity index (χ1n) is 6.25. The van der Waals surface area contributed by atoms with Crippen LogP contribution in [0.25, 0.3) is 0 Å². The zero-order valence-electron chi connectivity index (χ0n) is 10.9. The fraction of sp³-hybridized carbons (Fsp3) is 0.500. The van der Waals surface area contributed by atoms with Gasteiger partial charge in [0.25, 0.3) is 5.69 Å². The third-order valence-corrected chi connectivity index (χ3v) is 3.28. The van der Waals surface area contributed by atoms with Gasteiger partial charge >= 0.3 is 0 Å². The minimum atomic E-state index is -1.48. The van der Waals surface area contributed by atoms with E-state index in [0.717, 1.165) is 0 Å². The summed E-state index contributed by atoms with van der Waals surface area (Å²) in [5.74, 6) is 0. The number of aliphatic hydroxyl groups excluding tert-OH is 4. The normalized spacial score (nSPS) is 32.7. The number of non-ortho nitro benzene ring substituents is 1. The minimum Gasteiger partial charge on any atom is -0.394 e. The van der Waals surface area contributed by atoms with Gasteiger partial charge in [0, 0.05) is 17.8 Å². The smallest absolute Gasteiger partial charge is 0.269 e. The Balaban J connectivity index is 2.08. The predicted molar refractivity (Wildman–Crippen MR) is 70.5 cm³/mol. The average molecular weight is 300 g/mol. The summed E-state index contributed by atoms with van der Waals surface area (Å²) in [6.45, 7) is -0.524. The van der Waals surface area contributed by atoms with Gasteiger partial charge in [-0.15, -0.1) is 0 Å². The molecule has 0 aromatic heterocycles. The molecule has 5 atom stereocenters. The van der Waals surface area contributed by atoms with E-state index in [9.17, 15) is 25.4 Å². The van der Waals surface area contributed by atoms with Crippen LogP contribution in [0.3, 0.4) is 0 Å². The number of aliphatic hydroxyl groups is 4. The standard InChI is InChI=1S/C12H16N2O7/c15-5-8-9(16)10(17)11(18)12(21-8)13-6-1-3-7(4-2-6)14(19)20/h1-4,8-13,15-18H,5H2/t8-,9-,10+,11-,12?/m1/s1. The van der Waals surface area contributed by atoms with E-state index in [1.165, 1.54) is 24.3 Å². The van der Waals surface area contributed by atoms with Crippen molar-refractivity contribution in [1.29, 1.82) is 0 Å². The van der Waals surface area contributed by atoms with E-state index in [4.69, 9.17) is 9.84 Å². The molecular formula is C12H16N2O7. The molecule has 1 aliphatic rings. The highest BCUT2D eigenvalue weighted by Crippen LogP contribution is 2.23. The lowest BCUT2D eigenvalue weighted by Crippen LogP contribution is -2.60. The maximum Gasteiger partial charge on any atom is 0.269 e. The zero-order valence-corrected chi connectivity index (χ0v) is 10.9. The number of nitro groups is 1. The van der Waals surface area contributed by atoms with E-state index in [-0.39, 0.29) is 5.69 Å². The van der Waals surface area contributed by atoms with Gasteiger partial charge in [0.2, 0.25) is 0 Å². The predicted octanol–water partition coefficient (Wildman–Crippen LogP) is -1.19. The SMILES string of the molecule is O=[N+]([O-])c1ccc(NC2O[C@H](CO)[C@@H](O)[C@H](O)[C@H]2O)cc1. The quantitative estimate of drug-likeness (QED) is 0.344. The van der Waals surface area contributed by atoms with Crippen LogP contribution >= 0.6 is 0 Å². The van der Waals surface area contributed by atoms with Crippen molar-refractivity contribution in [3.05, 3.63) is 34.4 Å². The zero-order chi connectivity index (χ0) is 15.6. The summed E-state index contributed by atoms with van der Waals surface area (Å²) in [6.07, 6.45) is -6.41. The third-order valence-electron chi connectivity index (χ3n) is 3.28. The number of nitrogens with zero attached hydrogens (tertiary/aromatic N) is 1. The second-order valence-corrected chi connectivity index (χ2v) is 4.70. The van der Waals surface area contributed by atoms with Crippen LogP contribution in [0.15, 0.2) is 24.3 Å². The third kappa shape index (κ3) is 3.28. The number of rotatable bonds is 4. The van der Waals surface area contributed by atoms with Gasteiger partial charge in [0.1, 0.15) is 24.4 Å². The Morgan fingerprint density at radius 1 is 1.14 bits per heavy atom. The summed E-state index contributed by atoms with van der Waals surface area (Å²) < 4.78 is 5.26. The molecule has 1 fully saturated rings. The molecule has 2 rings (SSSR count). The molecular weight excluding hydrogens is 284 g/mol. The number of nitro benzene ring substituents is 1. The monoisotopic (exact) mass is 300 g/mol. The van der Waals surface area contributed by atoms with Crippen LogP contribution in [-0.4, -0.2) is 62.6 Å². The molecule has 116 valence electrons. The Morgan fingerprint density at radius 2 is 1.76 bits per heavy atom. The summed E-state index contributed by atoms with van der Waals surface area (Å²) in [6, 6.07) is 5.37. The van der Waals surface area contributed by atoms with Crippen molar-refractivity contribution in [1.82, 2.24) is 0 Å². The van der Waals surface area contributed by atoms with E-state index in [1.54, 1.807) is 0 Å². The summed E-state index contributed by atoms with van der Waals surface area (Å²) in [5, 5.41) is 51.5. The Hall–Kier alpha value is -1.78. The first-order valence-corrected chi connectivity index (χ1v) is 6.25. The van der Waals surface area contributed by atoms with Gasteiger partial charge in [0.15, 0.2) is 6.23 Å². The lowest BCUT2D eigenvalue weighted by atomic mass is 9.98. The molecule has 0 aliphatic carbocycles. The van der Waals surface area contributed by atoms with Crippen LogP contribution in [0.5, 0.6) is 0 Å². The van der Waals surface area contributed by atoms with E-state index < -0.39 is 42.2 Å². The Bertz CT molecular complexity index is 493. The molecule has 21 heavy (non-hydrogen) atoms. The second kappa shape index (κ2) is 6.33. The van der Waals surface area contributed by atoms with E-state index in [2.05, 4.69) is 5.32 Å². The van der Waals surface area contributed by atoms with Crippen molar-refractivity contribution < 1.29 is 30.1 Å². The molecule has 1 unspecified atom stereocenters. The van der Waals surface area contributed by atoms with Gasteiger partial charge < -0.3 is 30.5 Å². The van der Waals surface area contributed by atoms with Crippen molar-refractivity contribution in [2.24, 2.45) is 0 Å². The van der Waals surface area contributed by atoms with Gasteiger partial charge in [-0.25, -0.2) is 0 Å². The molecule has 0 spiro atoms. The number of hydrogen-bond donors (Lipinski definition) is 5. The van der Waals surface area contributed by atoms with Gasteiger partial charge in [-0.1, -0.05) is 0 Å². The maximum absolute atomic E-state index is 10.5. The molecule has 0 bridgehead atoms. The number of benzene rings is 1. The average Bonchev–Trinajstić information content (AvgIpc) is 2.48. The maximum atomic E-state index is 10.5. The van der Waals surface area contributed by atoms with Crippen LogP contribution in [0.1, 0.15) is 0 Å². The first kappa shape index (κ1) is 15.6. The number of nitrogens with one attached hydrogen (secondary N) is 1. The van der Waals surface area contributed by atoms with Gasteiger partial charge in [0.05, 0.1) is 11.5 Å². The van der Waals surface area contributed by atoms with Gasteiger partial charge in [-0.3, -0.25) is 10.1 Å². The highest BCUT2D eigenvalue weighted by Gasteiger charge is 2.43. The van der Waals surface area contributed by atoms with Crippen LogP contribution < -0.4 is 5.32 Å². The first-order chi connectivity index (χ1) is 9.93. The summed E-state index contributed by atoms with van der Waals surface area (Å²) >= 11 is 0. The van der Waals surface area contributed by atoms with E-state index in [1.807, 2.05) is 0 Å². The van der Waals surface area contributed by atoms with Crippen LogP contribution in [0, 0.1) is 10.1 Å². The molecule has 0 saturated carbocycles.